The van der Waals surface area contributed by atoms with Gasteiger partial charge in [-0.25, -0.2) is 4.79 Å². The first-order chi connectivity index (χ1) is 10.7. The number of unbranched alkanes of at least 4 members (excludes halogenated alkanes) is 4. The molecular formula is C19H32O3. The molecule has 3 nitrogen and oxygen atoms in total. The third-order valence-corrected chi connectivity index (χ3v) is 3.35. The third-order valence-electron chi connectivity index (χ3n) is 3.35. The molecule has 126 valence electrons. The van der Waals surface area contributed by atoms with Gasteiger partial charge in [0, 0.05) is 0 Å². The van der Waals surface area contributed by atoms with Crippen LogP contribution in [0.1, 0.15) is 64.7 Å². The van der Waals surface area contributed by atoms with Crippen molar-refractivity contribution in [3.8, 4) is 0 Å². The Labute approximate surface area is 135 Å². The zero-order valence-corrected chi connectivity index (χ0v) is 14.2. The largest absolute Gasteiger partial charge is 0.467 e. The Bertz CT molecular complexity index is 343. The van der Waals surface area contributed by atoms with E-state index in [2.05, 4.69) is 48.1 Å². The minimum atomic E-state index is -0.955. The summed E-state index contributed by atoms with van der Waals surface area (Å²) in [5.41, 5.74) is 0. The molecule has 1 atom stereocenters. The minimum Gasteiger partial charge on any atom is -0.467 e. The number of methoxy groups -OCH3 is 1. The summed E-state index contributed by atoms with van der Waals surface area (Å²) in [5, 5.41) is 9.41. The number of esters is 1. The number of hydrogen-bond donors (Lipinski definition) is 1. The molecule has 0 rings (SSSR count). The first-order valence-corrected chi connectivity index (χ1v) is 8.43. The zero-order valence-electron chi connectivity index (χ0n) is 14.2. The molecule has 1 unspecified atom stereocenters. The molecule has 22 heavy (non-hydrogen) atoms. The number of carbonyl (C=O) groups is 1. The standard InChI is InChI=1S/C19H32O3/c1-3-4-5-6-7-8-9-10-11-12-13-14-15-16-17-18(20)19(21)22-2/h4-5,7-8,10-11,18,20H,3,6,9,12-17H2,1-2H3. The maximum atomic E-state index is 11.0. The number of hydrogen-bond acceptors (Lipinski definition) is 3. The van der Waals surface area contributed by atoms with Gasteiger partial charge in [-0.1, -0.05) is 62.6 Å². The van der Waals surface area contributed by atoms with Crippen molar-refractivity contribution in [3.05, 3.63) is 36.5 Å². The lowest BCUT2D eigenvalue weighted by Crippen LogP contribution is -2.21. The quantitative estimate of drug-likeness (QED) is 0.304. The summed E-state index contributed by atoms with van der Waals surface area (Å²) in [7, 11) is 1.30. The predicted molar refractivity (Wildman–Crippen MR) is 92.7 cm³/mol. The van der Waals surface area contributed by atoms with E-state index in [-0.39, 0.29) is 0 Å². The lowest BCUT2D eigenvalue weighted by atomic mass is 10.1. The van der Waals surface area contributed by atoms with Gasteiger partial charge in [0.2, 0.25) is 0 Å². The Morgan fingerprint density at radius 2 is 1.55 bits per heavy atom. The fraction of sp³-hybridized carbons (Fsp3) is 0.632. The van der Waals surface area contributed by atoms with Crippen LogP contribution < -0.4 is 0 Å². The molecular weight excluding hydrogens is 276 g/mol. The summed E-state index contributed by atoms with van der Waals surface area (Å²) in [6, 6.07) is 0. The average Bonchev–Trinajstić information content (AvgIpc) is 2.54. The fourth-order valence-electron chi connectivity index (χ4n) is 2.03. The van der Waals surface area contributed by atoms with E-state index in [0.717, 1.165) is 51.4 Å². The summed E-state index contributed by atoms with van der Waals surface area (Å²) < 4.78 is 4.47. The van der Waals surface area contributed by atoms with Crippen LogP contribution >= 0.6 is 0 Å². The van der Waals surface area contributed by atoms with E-state index in [1.54, 1.807) is 0 Å². The van der Waals surface area contributed by atoms with Crippen LogP contribution in [-0.4, -0.2) is 24.3 Å². The highest BCUT2D eigenvalue weighted by Crippen LogP contribution is 2.08. The fourth-order valence-corrected chi connectivity index (χ4v) is 2.03. The summed E-state index contributed by atoms with van der Waals surface area (Å²) in [4.78, 5) is 11.0. The Balaban J connectivity index is 3.37. The van der Waals surface area contributed by atoms with E-state index in [1.165, 1.54) is 7.11 Å². The molecule has 0 saturated heterocycles. The molecule has 0 amide bonds. The topological polar surface area (TPSA) is 46.5 Å². The number of rotatable bonds is 13. The molecule has 0 heterocycles. The molecule has 0 fully saturated rings. The smallest absolute Gasteiger partial charge is 0.334 e. The van der Waals surface area contributed by atoms with Gasteiger partial charge in [-0.15, -0.1) is 0 Å². The lowest BCUT2D eigenvalue weighted by molar-refractivity contribution is -0.150. The van der Waals surface area contributed by atoms with Gasteiger partial charge in [0.25, 0.3) is 0 Å². The van der Waals surface area contributed by atoms with Crippen molar-refractivity contribution in [2.75, 3.05) is 7.11 Å². The van der Waals surface area contributed by atoms with Gasteiger partial charge < -0.3 is 9.84 Å². The van der Waals surface area contributed by atoms with E-state index < -0.39 is 12.1 Å². The molecule has 0 aliphatic carbocycles. The van der Waals surface area contributed by atoms with Crippen LogP contribution in [0.15, 0.2) is 36.5 Å². The molecule has 0 radical (unpaired) electrons. The maximum absolute atomic E-state index is 11.0. The van der Waals surface area contributed by atoms with Gasteiger partial charge in [-0.2, -0.15) is 0 Å². The third kappa shape index (κ3) is 13.6. The highest BCUT2D eigenvalue weighted by atomic mass is 16.5. The molecule has 3 heteroatoms. The summed E-state index contributed by atoms with van der Waals surface area (Å²) in [6.45, 7) is 2.14. The van der Waals surface area contributed by atoms with E-state index in [9.17, 15) is 9.90 Å². The van der Waals surface area contributed by atoms with Crippen molar-refractivity contribution in [3.63, 3.8) is 0 Å². The number of ether oxygens (including phenoxy) is 1. The lowest BCUT2D eigenvalue weighted by Gasteiger charge is -2.07. The second-order valence-electron chi connectivity index (χ2n) is 5.32. The van der Waals surface area contributed by atoms with Crippen LogP contribution in [0.2, 0.25) is 0 Å². The number of carbonyl (C=O) groups excluding carboxylic acids is 1. The van der Waals surface area contributed by atoms with E-state index in [0.29, 0.717) is 6.42 Å². The normalized spacial score (nSPS) is 13.4. The van der Waals surface area contributed by atoms with E-state index in [4.69, 9.17) is 0 Å². The second kappa shape index (κ2) is 16.0. The van der Waals surface area contributed by atoms with Crippen molar-refractivity contribution in [2.45, 2.75) is 70.8 Å². The Morgan fingerprint density at radius 3 is 2.18 bits per heavy atom. The van der Waals surface area contributed by atoms with Gasteiger partial charge >= 0.3 is 5.97 Å². The van der Waals surface area contributed by atoms with E-state index in [1.807, 2.05) is 0 Å². The summed E-state index contributed by atoms with van der Waals surface area (Å²) in [6.07, 6.45) is 21.2. The Morgan fingerprint density at radius 1 is 0.955 bits per heavy atom. The second-order valence-corrected chi connectivity index (χ2v) is 5.32. The predicted octanol–water partition coefficient (Wildman–Crippen LogP) is 4.72. The molecule has 0 spiro atoms. The van der Waals surface area contributed by atoms with Gasteiger partial charge in [0.05, 0.1) is 7.11 Å². The van der Waals surface area contributed by atoms with Crippen LogP contribution in [0.5, 0.6) is 0 Å². The van der Waals surface area contributed by atoms with Gasteiger partial charge in [-0.05, 0) is 38.5 Å². The van der Waals surface area contributed by atoms with Crippen molar-refractivity contribution in [1.82, 2.24) is 0 Å². The van der Waals surface area contributed by atoms with Crippen molar-refractivity contribution in [1.29, 1.82) is 0 Å². The molecule has 0 aliphatic rings. The number of aliphatic hydroxyl groups is 1. The zero-order chi connectivity index (χ0) is 16.5. The van der Waals surface area contributed by atoms with Crippen LogP contribution in [0, 0.1) is 0 Å². The van der Waals surface area contributed by atoms with Crippen LogP contribution in [0.4, 0.5) is 0 Å². The number of aliphatic hydroxyl groups excluding tert-OH is 1. The molecule has 0 saturated carbocycles. The number of allylic oxidation sites excluding steroid dienone is 6. The molecule has 0 bridgehead atoms. The molecule has 1 N–H and O–H groups in total. The monoisotopic (exact) mass is 308 g/mol. The summed E-state index contributed by atoms with van der Waals surface area (Å²) in [5.74, 6) is -0.527. The van der Waals surface area contributed by atoms with Gasteiger partial charge in [0.1, 0.15) is 0 Å². The van der Waals surface area contributed by atoms with Crippen LogP contribution in [0.3, 0.4) is 0 Å². The van der Waals surface area contributed by atoms with Gasteiger partial charge in [0.15, 0.2) is 6.10 Å². The highest BCUT2D eigenvalue weighted by Gasteiger charge is 2.13. The molecule has 0 aliphatic heterocycles. The van der Waals surface area contributed by atoms with Crippen LogP contribution in [0.25, 0.3) is 0 Å². The first kappa shape index (κ1) is 20.6. The summed E-state index contributed by atoms with van der Waals surface area (Å²) >= 11 is 0. The average molecular weight is 308 g/mol. The Kier molecular flexibility index (Phi) is 15.0. The first-order valence-electron chi connectivity index (χ1n) is 8.43. The van der Waals surface area contributed by atoms with Crippen molar-refractivity contribution < 1.29 is 14.6 Å². The molecule has 0 aromatic heterocycles. The van der Waals surface area contributed by atoms with Crippen molar-refractivity contribution in [2.24, 2.45) is 0 Å². The molecule has 0 aromatic rings. The van der Waals surface area contributed by atoms with Crippen molar-refractivity contribution >= 4 is 5.97 Å². The van der Waals surface area contributed by atoms with E-state index >= 15 is 0 Å². The molecule has 0 aromatic carbocycles. The van der Waals surface area contributed by atoms with Gasteiger partial charge in [-0.3, -0.25) is 0 Å². The van der Waals surface area contributed by atoms with Crippen LogP contribution in [-0.2, 0) is 9.53 Å². The Hall–Kier alpha value is -1.35. The highest BCUT2D eigenvalue weighted by molar-refractivity contribution is 5.74. The SMILES string of the molecule is CCC=CCC=CCC=CCCCCCCC(O)C(=O)OC. The minimum absolute atomic E-state index is 0.500. The maximum Gasteiger partial charge on any atom is 0.334 e.